The Balaban J connectivity index is 1.25. The van der Waals surface area contributed by atoms with E-state index in [1.807, 2.05) is 6.92 Å². The molecular weight excluding hydrogens is 829 g/mol. The maximum absolute atomic E-state index is 13.6. The van der Waals surface area contributed by atoms with Gasteiger partial charge in [-0.25, -0.2) is 13.2 Å². The number of aliphatic hydroxyl groups excluding tert-OH is 1. The molecule has 1 heterocycles. The lowest BCUT2D eigenvalue weighted by Crippen LogP contribution is -2.64. The number of carboxylic acid groups (broad SMARTS) is 1. The lowest BCUT2D eigenvalue weighted by molar-refractivity contribution is -0.315. The van der Waals surface area contributed by atoms with Crippen molar-refractivity contribution in [3.8, 4) is 0 Å². The van der Waals surface area contributed by atoms with Crippen molar-refractivity contribution in [2.75, 3.05) is 6.61 Å². The van der Waals surface area contributed by atoms with Crippen LogP contribution in [-0.2, 0) is 57.7 Å². The Kier molecular flexibility index (Phi) is 12.3. The number of rotatable bonds is 13. The number of carboxylic acids is 1. The summed E-state index contributed by atoms with van der Waals surface area (Å²) in [6.07, 6.45) is -8.75. The van der Waals surface area contributed by atoms with Gasteiger partial charge in [-0.15, -0.1) is 0 Å². The van der Waals surface area contributed by atoms with Crippen molar-refractivity contribution in [2.45, 2.75) is 115 Å². The summed E-state index contributed by atoms with van der Waals surface area (Å²) in [6.45, 7) is 8.71. The van der Waals surface area contributed by atoms with Crippen LogP contribution >= 0.6 is 0 Å². The second kappa shape index (κ2) is 16.6. The second-order valence-corrected chi connectivity index (χ2v) is 19.8. The molecule has 0 unspecified atom stereocenters. The summed E-state index contributed by atoms with van der Waals surface area (Å²) in [5.74, 6) is -4.43. The maximum Gasteiger partial charge on any atom is 0.397 e. The fourth-order valence-electron chi connectivity index (χ4n) is 11.4. The van der Waals surface area contributed by atoms with Crippen molar-refractivity contribution in [1.29, 1.82) is 0 Å². The highest BCUT2D eigenvalue weighted by Gasteiger charge is 2.67. The molecule has 1 aliphatic heterocycles. The monoisotopic (exact) mass is 880 g/mol. The molecule has 330 valence electrons. The molecule has 0 amide bonds. The molecule has 4 N–H and O–H groups in total. The first-order chi connectivity index (χ1) is 28.1. The Morgan fingerprint density at radius 3 is 2.30 bits per heavy atom. The van der Waals surface area contributed by atoms with Gasteiger partial charge in [0.15, 0.2) is 18.5 Å². The van der Waals surface area contributed by atoms with Gasteiger partial charge in [0.2, 0.25) is 0 Å². The largest absolute Gasteiger partial charge is 0.481 e. The Labute approximate surface area is 348 Å². The van der Waals surface area contributed by atoms with Crippen LogP contribution in [0.5, 0.6) is 0 Å². The molecule has 60 heavy (non-hydrogen) atoms. The number of carbonyl (C=O) groups excluding carboxylic acids is 2. The van der Waals surface area contributed by atoms with Gasteiger partial charge >= 0.3 is 38.7 Å². The molecule has 1 spiro atoms. The first kappa shape index (κ1) is 44.5. The zero-order chi connectivity index (χ0) is 43.5. The Morgan fingerprint density at radius 2 is 1.62 bits per heavy atom. The number of fused-ring (bicyclic) bond motifs is 4. The molecule has 2 bridgehead atoms. The Bertz CT molecular complexity index is 2220. The fourth-order valence-corrected chi connectivity index (χ4v) is 12.5. The summed E-state index contributed by atoms with van der Waals surface area (Å²) >= 11 is 0. The molecule has 0 radical (unpaired) electrons. The number of esters is 2. The molecule has 1 saturated heterocycles. The molecule has 4 saturated carbocycles. The number of benzene rings is 2. The van der Waals surface area contributed by atoms with Crippen LogP contribution in [0.4, 0.5) is 0 Å². The van der Waals surface area contributed by atoms with Gasteiger partial charge in [0, 0.05) is 11.8 Å². The van der Waals surface area contributed by atoms with E-state index in [-0.39, 0.29) is 48.5 Å². The molecular formula is C41H52O17S2. The molecule has 13 atom stereocenters. The van der Waals surface area contributed by atoms with Crippen molar-refractivity contribution in [3.63, 3.8) is 0 Å². The minimum Gasteiger partial charge on any atom is -0.481 e. The molecule has 2 aromatic rings. The van der Waals surface area contributed by atoms with Gasteiger partial charge in [-0.1, -0.05) is 63.7 Å². The zero-order valence-electron chi connectivity index (χ0n) is 33.5. The van der Waals surface area contributed by atoms with E-state index in [0.29, 0.717) is 30.0 Å². The Hall–Kier alpha value is -3.53. The van der Waals surface area contributed by atoms with Gasteiger partial charge in [-0.3, -0.25) is 18.7 Å². The number of aliphatic hydroxyl groups is 1. The van der Waals surface area contributed by atoms with E-state index >= 15 is 0 Å². The number of hydrogen-bond acceptors (Lipinski definition) is 14. The third kappa shape index (κ3) is 8.74. The van der Waals surface area contributed by atoms with E-state index in [2.05, 4.69) is 6.58 Å². The number of carbonyl (C=O) groups is 3. The zero-order valence-corrected chi connectivity index (χ0v) is 35.1. The van der Waals surface area contributed by atoms with Crippen LogP contribution in [-0.4, -0.2) is 104 Å². The van der Waals surface area contributed by atoms with E-state index < -0.39 is 105 Å². The molecule has 4 aliphatic carbocycles. The average molecular weight is 881 g/mol. The van der Waals surface area contributed by atoms with Gasteiger partial charge in [0.1, 0.15) is 18.8 Å². The van der Waals surface area contributed by atoms with Crippen molar-refractivity contribution in [3.05, 3.63) is 60.2 Å². The first-order valence-electron chi connectivity index (χ1n) is 20.2. The smallest absolute Gasteiger partial charge is 0.397 e. The van der Waals surface area contributed by atoms with Crippen molar-refractivity contribution >= 4 is 49.5 Å². The summed E-state index contributed by atoms with van der Waals surface area (Å²) in [7, 11) is -11.0. The standard InChI is InChI=1S/C41H52O17S2/c1-21(2)16-32(42)56-35-34(58-60(50,51)52)33(57-59(47,48)49)30(20-53-38(46)27-11-7-9-23-8-5-6-10-26(23)27)55-39(35)54-25-17-28(37(44)45)29-14-15-41-18-24(22(3)36(41)43)12-13-31(41)40(29,4)19-25/h5-11,21,24-25,28-31,33-36,39,43H,3,12-20H2,1-2,4H3,(H,44,45)(H,47,48,49)(H,50,51,52)/t24-,25-,28-,29-,30-,31+,33-,34+,35-,36-,39-,40-,41-/m1/s1. The van der Waals surface area contributed by atoms with Gasteiger partial charge in [0.25, 0.3) is 0 Å². The predicted molar refractivity (Wildman–Crippen MR) is 210 cm³/mol. The summed E-state index contributed by atoms with van der Waals surface area (Å²) in [4.78, 5) is 39.9. The summed E-state index contributed by atoms with van der Waals surface area (Å²) in [5.41, 5.74) is -0.332. The van der Waals surface area contributed by atoms with Crippen LogP contribution in [0.3, 0.4) is 0 Å². The second-order valence-electron chi connectivity index (χ2n) is 17.7. The van der Waals surface area contributed by atoms with E-state index in [1.54, 1.807) is 50.2 Å². The van der Waals surface area contributed by atoms with E-state index in [9.17, 15) is 50.5 Å². The third-order valence-electron chi connectivity index (χ3n) is 13.7. The van der Waals surface area contributed by atoms with Crippen LogP contribution < -0.4 is 0 Å². The van der Waals surface area contributed by atoms with Gasteiger partial charge in [-0.2, -0.15) is 16.8 Å². The quantitative estimate of drug-likeness (QED) is 0.0921. The van der Waals surface area contributed by atoms with Crippen LogP contribution in [0, 0.1) is 40.4 Å². The van der Waals surface area contributed by atoms with E-state index in [4.69, 9.17) is 27.3 Å². The molecule has 2 aromatic carbocycles. The van der Waals surface area contributed by atoms with Crippen molar-refractivity contribution < 1.29 is 77.9 Å². The lowest BCUT2D eigenvalue weighted by Gasteiger charge is -2.62. The summed E-state index contributed by atoms with van der Waals surface area (Å²) in [6, 6.07) is 11.8. The van der Waals surface area contributed by atoms with Crippen LogP contribution in [0.1, 0.15) is 82.5 Å². The molecule has 19 heteroatoms. The summed E-state index contributed by atoms with van der Waals surface area (Å²) in [5, 5.41) is 23.5. The summed E-state index contributed by atoms with van der Waals surface area (Å²) < 4.78 is 103. The van der Waals surface area contributed by atoms with Crippen LogP contribution in [0.25, 0.3) is 10.8 Å². The SMILES string of the molecule is C=C1[C@@H]2CC[C@H]3[C@]4(C)C[C@H](O[C@@H]5O[C@H](COC(=O)c6cccc7ccccc67)[C@@H](OS(=O)(=O)O)[C@H](OS(=O)(=O)O)[C@H]5OC(=O)CC(C)C)C[C@@H](C(=O)O)[C@H]4CC[C@]3(C2)[C@@H]1O. The van der Waals surface area contributed by atoms with Crippen molar-refractivity contribution in [2.24, 2.45) is 40.4 Å². The normalized spacial score (nSPS) is 36.6. The average Bonchev–Trinajstić information content (AvgIpc) is 3.32. The van der Waals surface area contributed by atoms with Crippen LogP contribution in [0.2, 0.25) is 0 Å². The first-order valence-corrected chi connectivity index (χ1v) is 22.9. The number of hydrogen-bond donors (Lipinski definition) is 4. The third-order valence-corrected chi connectivity index (χ3v) is 14.6. The fraction of sp³-hybridized carbons (Fsp3) is 0.634. The molecule has 5 fully saturated rings. The van der Waals surface area contributed by atoms with E-state index in [0.717, 1.165) is 18.4 Å². The van der Waals surface area contributed by atoms with Gasteiger partial charge in [0.05, 0.1) is 23.7 Å². The number of aliphatic carboxylic acids is 1. The molecule has 7 rings (SSSR count). The topological polar surface area (TPSA) is 256 Å². The van der Waals surface area contributed by atoms with Gasteiger partial charge < -0.3 is 29.2 Å². The molecule has 0 aromatic heterocycles. The highest BCUT2D eigenvalue weighted by molar-refractivity contribution is 7.81. The Morgan fingerprint density at radius 1 is 0.933 bits per heavy atom. The van der Waals surface area contributed by atoms with Gasteiger partial charge in [-0.05, 0) is 96.4 Å². The number of ether oxygens (including phenoxy) is 4. The van der Waals surface area contributed by atoms with Crippen molar-refractivity contribution in [1.82, 2.24) is 0 Å². The minimum absolute atomic E-state index is 0.0603. The van der Waals surface area contributed by atoms with E-state index in [1.165, 1.54) is 6.07 Å². The molecule has 17 nitrogen and oxygen atoms in total. The highest BCUT2D eigenvalue weighted by atomic mass is 32.3. The van der Waals surface area contributed by atoms with Crippen LogP contribution in [0.15, 0.2) is 54.6 Å². The minimum atomic E-state index is -5.53. The molecule has 5 aliphatic rings. The predicted octanol–water partition coefficient (Wildman–Crippen LogP) is 4.68. The lowest BCUT2D eigenvalue weighted by atomic mass is 9.43. The highest BCUT2D eigenvalue weighted by Crippen LogP contribution is 2.70. The maximum atomic E-state index is 13.6.